The lowest BCUT2D eigenvalue weighted by molar-refractivity contribution is 0.101. The van der Waals surface area contributed by atoms with E-state index in [1.54, 1.807) is 19.2 Å². The standard InChI is InChI=1S/C10H11ClO2/c1-6-9(11)4-8(7(2)12)5-10(6)13-3/h4-5H,1-3H3. The maximum absolute atomic E-state index is 11.1. The number of hydrogen-bond donors (Lipinski definition) is 0. The van der Waals surface area contributed by atoms with E-state index in [1.165, 1.54) is 6.92 Å². The van der Waals surface area contributed by atoms with Gasteiger partial charge in [-0.05, 0) is 26.0 Å². The Morgan fingerprint density at radius 1 is 1.46 bits per heavy atom. The molecule has 3 heteroatoms. The Hall–Kier alpha value is -1.02. The topological polar surface area (TPSA) is 26.3 Å². The van der Waals surface area contributed by atoms with E-state index in [1.807, 2.05) is 6.92 Å². The van der Waals surface area contributed by atoms with Gasteiger partial charge in [-0.1, -0.05) is 11.6 Å². The van der Waals surface area contributed by atoms with Gasteiger partial charge in [-0.25, -0.2) is 0 Å². The fraction of sp³-hybridized carbons (Fsp3) is 0.300. The molecule has 0 N–H and O–H groups in total. The fourth-order valence-electron chi connectivity index (χ4n) is 1.07. The SMILES string of the molecule is COc1cc(C(C)=O)cc(Cl)c1C. The average Bonchev–Trinajstić information content (AvgIpc) is 2.09. The molecule has 0 bridgehead atoms. The number of rotatable bonds is 2. The van der Waals surface area contributed by atoms with Gasteiger partial charge in [0.2, 0.25) is 0 Å². The van der Waals surface area contributed by atoms with Crippen LogP contribution in [0.15, 0.2) is 12.1 Å². The fourth-order valence-corrected chi connectivity index (χ4v) is 1.28. The average molecular weight is 199 g/mol. The van der Waals surface area contributed by atoms with Gasteiger partial charge < -0.3 is 4.74 Å². The van der Waals surface area contributed by atoms with Crippen LogP contribution in [0.25, 0.3) is 0 Å². The summed E-state index contributed by atoms with van der Waals surface area (Å²) in [6.45, 7) is 3.35. The van der Waals surface area contributed by atoms with Crippen molar-refractivity contribution < 1.29 is 9.53 Å². The van der Waals surface area contributed by atoms with Crippen LogP contribution in [0.3, 0.4) is 0 Å². The van der Waals surface area contributed by atoms with Crippen molar-refractivity contribution in [2.45, 2.75) is 13.8 Å². The maximum atomic E-state index is 11.1. The minimum Gasteiger partial charge on any atom is -0.496 e. The van der Waals surface area contributed by atoms with E-state index in [0.29, 0.717) is 16.3 Å². The molecule has 1 rings (SSSR count). The van der Waals surface area contributed by atoms with Gasteiger partial charge in [-0.15, -0.1) is 0 Å². The third-order valence-electron chi connectivity index (χ3n) is 1.92. The van der Waals surface area contributed by atoms with Crippen molar-refractivity contribution in [3.05, 3.63) is 28.3 Å². The van der Waals surface area contributed by atoms with Crippen LogP contribution in [0.2, 0.25) is 5.02 Å². The molecule has 0 fully saturated rings. The summed E-state index contributed by atoms with van der Waals surface area (Å²) in [6.07, 6.45) is 0. The molecule has 0 atom stereocenters. The highest BCUT2D eigenvalue weighted by molar-refractivity contribution is 6.32. The van der Waals surface area contributed by atoms with Crippen LogP contribution in [0.5, 0.6) is 5.75 Å². The summed E-state index contributed by atoms with van der Waals surface area (Å²) in [6, 6.07) is 3.35. The van der Waals surface area contributed by atoms with E-state index < -0.39 is 0 Å². The molecule has 2 nitrogen and oxygen atoms in total. The van der Waals surface area contributed by atoms with Gasteiger partial charge in [-0.2, -0.15) is 0 Å². The van der Waals surface area contributed by atoms with Gasteiger partial charge >= 0.3 is 0 Å². The first-order valence-corrected chi connectivity index (χ1v) is 4.29. The van der Waals surface area contributed by atoms with Gasteiger partial charge in [0.25, 0.3) is 0 Å². The molecule has 70 valence electrons. The molecule has 0 unspecified atom stereocenters. The van der Waals surface area contributed by atoms with Gasteiger partial charge in [0, 0.05) is 16.1 Å². The molecule has 1 aromatic rings. The summed E-state index contributed by atoms with van der Waals surface area (Å²) in [5.74, 6) is 0.637. The van der Waals surface area contributed by atoms with Crippen LogP contribution in [0, 0.1) is 6.92 Å². The van der Waals surface area contributed by atoms with Crippen molar-refractivity contribution in [1.29, 1.82) is 0 Å². The number of ketones is 1. The molecule has 0 aromatic heterocycles. The number of ether oxygens (including phenoxy) is 1. The Kier molecular flexibility index (Phi) is 2.94. The van der Waals surface area contributed by atoms with Gasteiger partial charge in [-0.3, -0.25) is 4.79 Å². The smallest absolute Gasteiger partial charge is 0.159 e. The van der Waals surface area contributed by atoms with Gasteiger partial charge in [0.05, 0.1) is 7.11 Å². The predicted molar refractivity (Wildman–Crippen MR) is 52.7 cm³/mol. The van der Waals surface area contributed by atoms with E-state index in [9.17, 15) is 4.79 Å². The molecule has 0 heterocycles. The molecule has 0 aliphatic rings. The number of benzene rings is 1. The quantitative estimate of drug-likeness (QED) is 0.684. The van der Waals surface area contributed by atoms with Crippen molar-refractivity contribution in [1.82, 2.24) is 0 Å². The number of hydrogen-bond acceptors (Lipinski definition) is 2. The van der Waals surface area contributed by atoms with E-state index in [-0.39, 0.29) is 5.78 Å². The number of methoxy groups -OCH3 is 1. The van der Waals surface area contributed by atoms with Crippen molar-refractivity contribution in [3.63, 3.8) is 0 Å². The number of carbonyl (C=O) groups excluding carboxylic acids is 1. The second kappa shape index (κ2) is 3.79. The van der Waals surface area contributed by atoms with Crippen LogP contribution >= 0.6 is 11.6 Å². The molecule has 0 saturated heterocycles. The van der Waals surface area contributed by atoms with Crippen molar-refractivity contribution in [2.24, 2.45) is 0 Å². The van der Waals surface area contributed by atoms with Crippen LogP contribution in [0.1, 0.15) is 22.8 Å². The summed E-state index contributed by atoms with van der Waals surface area (Å²) in [4.78, 5) is 11.1. The lowest BCUT2D eigenvalue weighted by Crippen LogP contribution is -1.96. The number of carbonyl (C=O) groups is 1. The summed E-state index contributed by atoms with van der Waals surface area (Å²) in [5, 5.41) is 0.560. The number of halogens is 1. The summed E-state index contributed by atoms with van der Waals surface area (Å²) < 4.78 is 5.08. The zero-order chi connectivity index (χ0) is 10.0. The summed E-state index contributed by atoms with van der Waals surface area (Å²) in [5.41, 5.74) is 1.43. The molecule has 0 amide bonds. The Morgan fingerprint density at radius 2 is 2.08 bits per heavy atom. The lowest BCUT2D eigenvalue weighted by atomic mass is 10.1. The van der Waals surface area contributed by atoms with E-state index >= 15 is 0 Å². The number of Topliss-reactive ketones (excluding diaryl/α,β-unsaturated/α-hetero) is 1. The zero-order valence-corrected chi connectivity index (χ0v) is 8.61. The Bertz CT molecular complexity index is 345. The van der Waals surface area contributed by atoms with Crippen molar-refractivity contribution in [3.8, 4) is 5.75 Å². The van der Waals surface area contributed by atoms with Crippen LogP contribution in [-0.4, -0.2) is 12.9 Å². The maximum Gasteiger partial charge on any atom is 0.159 e. The van der Waals surface area contributed by atoms with Crippen LogP contribution < -0.4 is 4.74 Å². The molecular weight excluding hydrogens is 188 g/mol. The molecule has 0 aliphatic heterocycles. The van der Waals surface area contributed by atoms with E-state index in [2.05, 4.69) is 0 Å². The Balaban J connectivity index is 3.30. The summed E-state index contributed by atoms with van der Waals surface area (Å²) in [7, 11) is 1.56. The monoisotopic (exact) mass is 198 g/mol. The molecule has 1 aromatic carbocycles. The van der Waals surface area contributed by atoms with Gasteiger partial charge in [0.1, 0.15) is 5.75 Å². The molecule has 0 saturated carbocycles. The zero-order valence-electron chi connectivity index (χ0n) is 7.85. The lowest BCUT2D eigenvalue weighted by Gasteiger charge is -2.07. The molecule has 0 spiro atoms. The highest BCUT2D eigenvalue weighted by Crippen LogP contribution is 2.27. The highest BCUT2D eigenvalue weighted by Gasteiger charge is 2.08. The largest absolute Gasteiger partial charge is 0.496 e. The third kappa shape index (κ3) is 2.01. The predicted octanol–water partition coefficient (Wildman–Crippen LogP) is 2.86. The molecule has 0 aliphatic carbocycles. The first kappa shape index (κ1) is 10.1. The Labute approximate surface area is 82.5 Å². The van der Waals surface area contributed by atoms with Crippen molar-refractivity contribution in [2.75, 3.05) is 7.11 Å². The molecular formula is C10H11ClO2. The Morgan fingerprint density at radius 3 is 2.54 bits per heavy atom. The van der Waals surface area contributed by atoms with Crippen LogP contribution in [-0.2, 0) is 0 Å². The first-order chi connectivity index (χ1) is 6.06. The second-order valence-corrected chi connectivity index (χ2v) is 3.25. The minimum atomic E-state index is -0.0137. The van der Waals surface area contributed by atoms with E-state index in [4.69, 9.17) is 16.3 Å². The summed E-state index contributed by atoms with van der Waals surface area (Å²) >= 11 is 5.91. The molecule has 0 radical (unpaired) electrons. The van der Waals surface area contributed by atoms with Crippen molar-refractivity contribution >= 4 is 17.4 Å². The highest BCUT2D eigenvalue weighted by atomic mass is 35.5. The third-order valence-corrected chi connectivity index (χ3v) is 2.32. The molecule has 13 heavy (non-hydrogen) atoms. The second-order valence-electron chi connectivity index (χ2n) is 2.84. The normalized spacial score (nSPS) is 9.85. The first-order valence-electron chi connectivity index (χ1n) is 3.91. The van der Waals surface area contributed by atoms with Crippen LogP contribution in [0.4, 0.5) is 0 Å². The van der Waals surface area contributed by atoms with E-state index in [0.717, 1.165) is 5.56 Å². The minimum absolute atomic E-state index is 0.0137. The van der Waals surface area contributed by atoms with Gasteiger partial charge in [0.15, 0.2) is 5.78 Å².